The highest BCUT2D eigenvalue weighted by molar-refractivity contribution is 6.07. The molecule has 0 bridgehead atoms. The molecular formula is C19H20N4O2. The fraction of sp³-hybridized carbons (Fsp3) is 0.211. The number of benzene rings is 1. The minimum Gasteiger partial charge on any atom is -0.351 e. The minimum absolute atomic E-state index is 0.182. The highest BCUT2D eigenvalue weighted by Gasteiger charge is 2.13. The predicted octanol–water partition coefficient (Wildman–Crippen LogP) is 2.64. The fourth-order valence-corrected chi connectivity index (χ4v) is 2.65. The van der Waals surface area contributed by atoms with Crippen LogP contribution >= 0.6 is 0 Å². The zero-order valence-corrected chi connectivity index (χ0v) is 14.2. The predicted molar refractivity (Wildman–Crippen MR) is 97.5 cm³/mol. The Labute approximate surface area is 145 Å². The van der Waals surface area contributed by atoms with Gasteiger partial charge in [0.15, 0.2) is 0 Å². The van der Waals surface area contributed by atoms with Crippen LogP contribution in [0.2, 0.25) is 0 Å². The van der Waals surface area contributed by atoms with Crippen molar-refractivity contribution in [2.45, 2.75) is 13.3 Å². The smallest absolute Gasteiger partial charge is 0.253 e. The molecule has 2 amide bonds. The first-order valence-corrected chi connectivity index (χ1v) is 8.09. The van der Waals surface area contributed by atoms with E-state index in [1.165, 1.54) is 0 Å². The molecule has 0 saturated carbocycles. The van der Waals surface area contributed by atoms with Crippen molar-refractivity contribution in [2.24, 2.45) is 7.05 Å². The Morgan fingerprint density at radius 2 is 1.96 bits per heavy atom. The summed E-state index contributed by atoms with van der Waals surface area (Å²) in [4.78, 5) is 28.4. The molecule has 0 unspecified atom stereocenters. The highest BCUT2D eigenvalue weighted by Crippen LogP contribution is 2.19. The van der Waals surface area contributed by atoms with Crippen LogP contribution in [0.3, 0.4) is 0 Å². The number of aryl methyl sites for hydroxylation is 2. The van der Waals surface area contributed by atoms with Crippen LogP contribution in [0.25, 0.3) is 10.9 Å². The van der Waals surface area contributed by atoms with Crippen molar-refractivity contribution in [1.29, 1.82) is 0 Å². The molecule has 6 heteroatoms. The molecule has 128 valence electrons. The maximum Gasteiger partial charge on any atom is 0.253 e. The molecule has 0 saturated heterocycles. The van der Waals surface area contributed by atoms with Crippen LogP contribution in [0.1, 0.15) is 22.3 Å². The first-order chi connectivity index (χ1) is 12.0. The number of nitrogens with one attached hydrogen (secondary N) is 2. The molecule has 2 N–H and O–H groups in total. The van der Waals surface area contributed by atoms with E-state index in [4.69, 9.17) is 0 Å². The molecule has 2 heterocycles. The summed E-state index contributed by atoms with van der Waals surface area (Å²) in [6.07, 6.45) is 3.68. The SMILES string of the molecule is Cc1ccc(NC(=O)CCNC(=O)c2cn(C)c3ccccc23)nc1. The van der Waals surface area contributed by atoms with Crippen molar-refractivity contribution in [2.75, 3.05) is 11.9 Å². The van der Waals surface area contributed by atoms with Gasteiger partial charge in [0, 0.05) is 43.3 Å². The Morgan fingerprint density at radius 3 is 2.72 bits per heavy atom. The van der Waals surface area contributed by atoms with Gasteiger partial charge < -0.3 is 15.2 Å². The lowest BCUT2D eigenvalue weighted by atomic mass is 10.1. The molecule has 0 aliphatic carbocycles. The van der Waals surface area contributed by atoms with E-state index in [2.05, 4.69) is 15.6 Å². The summed E-state index contributed by atoms with van der Waals surface area (Å²) in [5.41, 5.74) is 2.63. The molecule has 25 heavy (non-hydrogen) atoms. The summed E-state index contributed by atoms with van der Waals surface area (Å²) in [6.45, 7) is 2.20. The number of hydrogen-bond donors (Lipinski definition) is 2. The number of fused-ring (bicyclic) bond motifs is 1. The van der Waals surface area contributed by atoms with E-state index in [1.807, 2.05) is 48.9 Å². The van der Waals surface area contributed by atoms with E-state index < -0.39 is 0 Å². The van der Waals surface area contributed by atoms with Crippen LogP contribution in [0, 0.1) is 6.92 Å². The zero-order chi connectivity index (χ0) is 17.8. The number of nitrogens with zero attached hydrogens (tertiary/aromatic N) is 2. The summed E-state index contributed by atoms with van der Waals surface area (Å²) in [5.74, 6) is 0.142. The molecule has 2 aromatic heterocycles. The third-order valence-electron chi connectivity index (χ3n) is 3.96. The number of carbonyl (C=O) groups excluding carboxylic acids is 2. The Kier molecular flexibility index (Phi) is 4.79. The van der Waals surface area contributed by atoms with Gasteiger partial charge in [0.25, 0.3) is 5.91 Å². The largest absolute Gasteiger partial charge is 0.351 e. The van der Waals surface area contributed by atoms with Gasteiger partial charge in [-0.15, -0.1) is 0 Å². The summed E-state index contributed by atoms with van der Waals surface area (Å²) >= 11 is 0. The fourth-order valence-electron chi connectivity index (χ4n) is 2.65. The van der Waals surface area contributed by atoms with E-state index in [0.29, 0.717) is 11.4 Å². The summed E-state index contributed by atoms with van der Waals surface area (Å²) in [5, 5.41) is 6.41. The molecule has 3 aromatic rings. The highest BCUT2D eigenvalue weighted by atomic mass is 16.2. The lowest BCUT2D eigenvalue weighted by Crippen LogP contribution is -2.27. The summed E-state index contributed by atoms with van der Waals surface area (Å²) in [7, 11) is 1.90. The van der Waals surface area contributed by atoms with Crippen molar-refractivity contribution < 1.29 is 9.59 Å². The van der Waals surface area contributed by atoms with Crippen LogP contribution in [0.5, 0.6) is 0 Å². The number of carbonyl (C=O) groups is 2. The van der Waals surface area contributed by atoms with Gasteiger partial charge in [-0.2, -0.15) is 0 Å². The first kappa shape index (κ1) is 16.7. The van der Waals surface area contributed by atoms with Crippen LogP contribution < -0.4 is 10.6 Å². The van der Waals surface area contributed by atoms with Gasteiger partial charge in [0.1, 0.15) is 5.82 Å². The lowest BCUT2D eigenvalue weighted by molar-refractivity contribution is -0.116. The Morgan fingerprint density at radius 1 is 1.16 bits per heavy atom. The van der Waals surface area contributed by atoms with E-state index in [-0.39, 0.29) is 24.8 Å². The van der Waals surface area contributed by atoms with Gasteiger partial charge in [-0.1, -0.05) is 24.3 Å². The average molecular weight is 336 g/mol. The second kappa shape index (κ2) is 7.17. The second-order valence-corrected chi connectivity index (χ2v) is 5.95. The summed E-state index contributed by atoms with van der Waals surface area (Å²) in [6, 6.07) is 11.4. The number of rotatable bonds is 5. The van der Waals surface area contributed by atoms with Crippen molar-refractivity contribution in [3.63, 3.8) is 0 Å². The van der Waals surface area contributed by atoms with Crippen LogP contribution in [-0.2, 0) is 11.8 Å². The maximum atomic E-state index is 12.4. The monoisotopic (exact) mass is 336 g/mol. The molecule has 3 rings (SSSR count). The van der Waals surface area contributed by atoms with E-state index in [1.54, 1.807) is 18.5 Å². The lowest BCUT2D eigenvalue weighted by Gasteiger charge is -2.06. The molecule has 0 aliphatic heterocycles. The van der Waals surface area contributed by atoms with Crippen molar-refractivity contribution in [1.82, 2.24) is 14.9 Å². The molecular weight excluding hydrogens is 316 g/mol. The quantitative estimate of drug-likeness (QED) is 0.752. The van der Waals surface area contributed by atoms with Gasteiger partial charge >= 0.3 is 0 Å². The molecule has 0 spiro atoms. The van der Waals surface area contributed by atoms with Crippen LogP contribution in [0.4, 0.5) is 5.82 Å². The Bertz CT molecular complexity index is 913. The first-order valence-electron chi connectivity index (χ1n) is 8.09. The molecule has 0 atom stereocenters. The minimum atomic E-state index is -0.186. The standard InChI is InChI=1S/C19H20N4O2/c1-13-7-8-17(21-11-13)22-18(24)9-10-20-19(25)15-12-23(2)16-6-4-3-5-14(15)16/h3-8,11-12H,9-10H2,1-2H3,(H,20,25)(H,21,22,24). The van der Waals surface area contributed by atoms with E-state index in [0.717, 1.165) is 16.5 Å². The molecule has 0 fully saturated rings. The van der Waals surface area contributed by atoms with Crippen molar-refractivity contribution in [3.8, 4) is 0 Å². The normalized spacial score (nSPS) is 10.6. The number of para-hydroxylation sites is 1. The van der Waals surface area contributed by atoms with E-state index >= 15 is 0 Å². The van der Waals surface area contributed by atoms with Crippen LogP contribution in [0.15, 0.2) is 48.8 Å². The van der Waals surface area contributed by atoms with Gasteiger partial charge in [-0.3, -0.25) is 9.59 Å². The second-order valence-electron chi connectivity index (χ2n) is 5.95. The number of hydrogen-bond acceptors (Lipinski definition) is 3. The Hall–Kier alpha value is -3.15. The van der Waals surface area contributed by atoms with Gasteiger partial charge in [-0.05, 0) is 24.6 Å². The number of aromatic nitrogens is 2. The number of anilines is 1. The zero-order valence-electron chi connectivity index (χ0n) is 14.2. The molecule has 0 radical (unpaired) electrons. The third-order valence-corrected chi connectivity index (χ3v) is 3.96. The van der Waals surface area contributed by atoms with Crippen molar-refractivity contribution >= 4 is 28.5 Å². The average Bonchev–Trinajstić information content (AvgIpc) is 2.94. The van der Waals surface area contributed by atoms with Gasteiger partial charge in [0.2, 0.25) is 5.91 Å². The van der Waals surface area contributed by atoms with Crippen LogP contribution in [-0.4, -0.2) is 27.9 Å². The Balaban J connectivity index is 1.55. The van der Waals surface area contributed by atoms with E-state index in [9.17, 15) is 9.59 Å². The van der Waals surface area contributed by atoms with Gasteiger partial charge in [-0.25, -0.2) is 4.98 Å². The van der Waals surface area contributed by atoms with Gasteiger partial charge in [0.05, 0.1) is 5.56 Å². The molecule has 1 aromatic carbocycles. The molecule has 0 aliphatic rings. The third kappa shape index (κ3) is 3.85. The topological polar surface area (TPSA) is 76.0 Å². The maximum absolute atomic E-state index is 12.4. The number of amides is 2. The summed E-state index contributed by atoms with van der Waals surface area (Å²) < 4.78 is 1.92. The molecule has 6 nitrogen and oxygen atoms in total. The number of pyridine rings is 1. The van der Waals surface area contributed by atoms with Crippen molar-refractivity contribution in [3.05, 3.63) is 59.9 Å².